The monoisotopic (exact) mass is 374 g/mol. The second kappa shape index (κ2) is 8.50. The minimum absolute atomic E-state index is 0.136. The van der Waals surface area contributed by atoms with Gasteiger partial charge in [0.2, 0.25) is 5.12 Å². The molecule has 1 heterocycles. The maximum atomic E-state index is 11.6. The topological polar surface area (TPSA) is 17.1 Å². The van der Waals surface area contributed by atoms with Gasteiger partial charge >= 0.3 is 0 Å². The van der Waals surface area contributed by atoms with E-state index in [1.54, 1.807) is 6.92 Å². The first kappa shape index (κ1) is 18.0. The summed E-state index contributed by atoms with van der Waals surface area (Å²) >= 11 is 5.57. The smallest absolute Gasteiger partial charge is 0.214 e. The lowest BCUT2D eigenvalue weighted by Gasteiger charge is -2.13. The van der Waals surface area contributed by atoms with Gasteiger partial charge in [0.1, 0.15) is 0 Å². The fraction of sp³-hybridized carbons (Fsp3) is 0.350. The summed E-state index contributed by atoms with van der Waals surface area (Å²) in [6.45, 7) is 5.49. The zero-order chi connectivity index (χ0) is 16.9. The van der Waals surface area contributed by atoms with Gasteiger partial charge in [-0.2, -0.15) is 0 Å². The van der Waals surface area contributed by atoms with E-state index in [9.17, 15) is 4.79 Å². The van der Waals surface area contributed by atoms with Gasteiger partial charge < -0.3 is 0 Å². The van der Waals surface area contributed by atoms with E-state index in [1.165, 1.54) is 40.3 Å². The Hall–Kier alpha value is -0.840. The fourth-order valence-electron chi connectivity index (χ4n) is 2.82. The maximum absolute atomic E-state index is 11.6. The molecule has 0 N–H and O–H groups in total. The van der Waals surface area contributed by atoms with Crippen LogP contribution in [0.4, 0.5) is 0 Å². The molecule has 0 bridgehead atoms. The molecule has 0 aliphatic carbocycles. The standard InChI is InChI=1S/C20H22OS3/c1-14(2)19(21)22-12-6-9-16-13-23-20(24-16)18-11-5-8-15-7-3-4-10-17(15)18/h3-5,7-8,10-11,16,20H,1,6,9,12-13H2,2H3/t16?,20-/m0/s1. The van der Waals surface area contributed by atoms with Crippen LogP contribution in [-0.4, -0.2) is 21.9 Å². The highest BCUT2D eigenvalue weighted by Gasteiger charge is 2.27. The number of carbonyl (C=O) groups is 1. The molecule has 1 aliphatic rings. The molecule has 1 unspecified atom stereocenters. The third-order valence-corrected chi connectivity index (χ3v) is 8.57. The van der Waals surface area contributed by atoms with E-state index in [0.29, 0.717) is 15.4 Å². The van der Waals surface area contributed by atoms with Crippen molar-refractivity contribution in [3.8, 4) is 0 Å². The number of thioether (sulfide) groups is 3. The Bertz CT molecular complexity index is 735. The summed E-state index contributed by atoms with van der Waals surface area (Å²) in [7, 11) is 0. The number of hydrogen-bond acceptors (Lipinski definition) is 4. The molecule has 1 nitrogen and oxygen atoms in total. The molecule has 24 heavy (non-hydrogen) atoms. The SMILES string of the molecule is C=C(C)C(=O)SCCCC1CS[C@H](c2cccc3ccccc23)S1. The van der Waals surface area contributed by atoms with Crippen LogP contribution in [0.3, 0.4) is 0 Å². The normalized spacial score (nSPS) is 20.4. The average molecular weight is 375 g/mol. The van der Waals surface area contributed by atoms with Crippen molar-refractivity contribution in [2.75, 3.05) is 11.5 Å². The van der Waals surface area contributed by atoms with E-state index < -0.39 is 0 Å². The van der Waals surface area contributed by atoms with E-state index in [4.69, 9.17) is 0 Å². The molecular formula is C20H22OS3. The van der Waals surface area contributed by atoms with Gasteiger partial charge in [0, 0.05) is 16.8 Å². The first-order valence-electron chi connectivity index (χ1n) is 8.22. The minimum Gasteiger partial charge on any atom is -0.282 e. The Labute approximate surface area is 157 Å². The Kier molecular flexibility index (Phi) is 6.37. The quantitative estimate of drug-likeness (QED) is 0.435. The van der Waals surface area contributed by atoms with Crippen LogP contribution in [0.5, 0.6) is 0 Å². The van der Waals surface area contributed by atoms with Gasteiger partial charge in [-0.3, -0.25) is 4.79 Å². The molecule has 126 valence electrons. The number of hydrogen-bond donors (Lipinski definition) is 0. The molecule has 1 fully saturated rings. The average Bonchev–Trinajstić information content (AvgIpc) is 3.06. The molecule has 0 radical (unpaired) electrons. The first-order chi connectivity index (χ1) is 11.6. The second-order valence-electron chi connectivity index (χ2n) is 6.05. The van der Waals surface area contributed by atoms with Gasteiger partial charge in [0.25, 0.3) is 0 Å². The predicted octanol–water partition coefficient (Wildman–Crippen LogP) is 6.30. The van der Waals surface area contributed by atoms with Gasteiger partial charge in [-0.15, -0.1) is 23.5 Å². The van der Waals surface area contributed by atoms with Crippen LogP contribution in [0.25, 0.3) is 10.8 Å². The molecule has 0 spiro atoms. The molecule has 1 saturated heterocycles. The van der Waals surface area contributed by atoms with Crippen LogP contribution in [-0.2, 0) is 4.79 Å². The number of fused-ring (bicyclic) bond motifs is 1. The summed E-state index contributed by atoms with van der Waals surface area (Å²) in [6, 6.07) is 15.3. The highest BCUT2D eigenvalue weighted by Crippen LogP contribution is 2.51. The van der Waals surface area contributed by atoms with Crippen LogP contribution in [0.15, 0.2) is 54.6 Å². The van der Waals surface area contributed by atoms with Crippen LogP contribution in [0.1, 0.15) is 29.9 Å². The zero-order valence-corrected chi connectivity index (χ0v) is 16.3. The predicted molar refractivity (Wildman–Crippen MR) is 112 cm³/mol. The maximum Gasteiger partial charge on any atom is 0.214 e. The third-order valence-electron chi connectivity index (χ3n) is 4.08. The molecule has 2 atom stereocenters. The molecule has 0 aromatic heterocycles. The Morgan fingerprint density at radius 3 is 2.88 bits per heavy atom. The highest BCUT2D eigenvalue weighted by molar-refractivity contribution is 8.19. The minimum atomic E-state index is 0.136. The van der Waals surface area contributed by atoms with E-state index in [1.807, 2.05) is 0 Å². The van der Waals surface area contributed by atoms with Crippen molar-refractivity contribution >= 4 is 51.2 Å². The van der Waals surface area contributed by atoms with Crippen LogP contribution < -0.4 is 0 Å². The fourth-order valence-corrected chi connectivity index (χ4v) is 7.08. The van der Waals surface area contributed by atoms with Crippen molar-refractivity contribution in [3.63, 3.8) is 0 Å². The summed E-state index contributed by atoms with van der Waals surface area (Å²) in [5.41, 5.74) is 2.11. The van der Waals surface area contributed by atoms with Gasteiger partial charge in [0.15, 0.2) is 0 Å². The van der Waals surface area contributed by atoms with Crippen LogP contribution in [0.2, 0.25) is 0 Å². The van der Waals surface area contributed by atoms with Gasteiger partial charge in [-0.1, -0.05) is 60.8 Å². The van der Waals surface area contributed by atoms with E-state index in [0.717, 1.165) is 12.2 Å². The zero-order valence-electron chi connectivity index (χ0n) is 13.9. The molecule has 3 rings (SSSR count). The van der Waals surface area contributed by atoms with E-state index in [2.05, 4.69) is 72.6 Å². The van der Waals surface area contributed by atoms with E-state index >= 15 is 0 Å². The number of benzene rings is 2. The van der Waals surface area contributed by atoms with Gasteiger partial charge in [-0.25, -0.2) is 0 Å². The number of rotatable bonds is 6. The van der Waals surface area contributed by atoms with Crippen molar-refractivity contribution in [1.29, 1.82) is 0 Å². The molecule has 2 aromatic carbocycles. The second-order valence-corrected chi connectivity index (χ2v) is 9.96. The summed E-state index contributed by atoms with van der Waals surface area (Å²) in [5.74, 6) is 2.12. The lowest BCUT2D eigenvalue weighted by atomic mass is 10.1. The van der Waals surface area contributed by atoms with Crippen LogP contribution >= 0.6 is 35.3 Å². The summed E-state index contributed by atoms with van der Waals surface area (Å²) in [5, 5.41) is 3.54. The molecule has 4 heteroatoms. The third kappa shape index (κ3) is 4.41. The van der Waals surface area contributed by atoms with Crippen molar-refractivity contribution in [1.82, 2.24) is 0 Å². The van der Waals surface area contributed by atoms with Gasteiger partial charge in [0.05, 0.1) is 4.58 Å². The first-order valence-corrected chi connectivity index (χ1v) is 11.2. The molecule has 2 aromatic rings. The van der Waals surface area contributed by atoms with Crippen molar-refractivity contribution in [2.45, 2.75) is 29.6 Å². The molecule has 0 amide bonds. The van der Waals surface area contributed by atoms with E-state index in [-0.39, 0.29) is 5.12 Å². The summed E-state index contributed by atoms with van der Waals surface area (Å²) < 4.78 is 0.533. The summed E-state index contributed by atoms with van der Waals surface area (Å²) in [4.78, 5) is 11.6. The van der Waals surface area contributed by atoms with Gasteiger partial charge in [-0.05, 0) is 41.7 Å². The van der Waals surface area contributed by atoms with Crippen LogP contribution in [0, 0.1) is 0 Å². The van der Waals surface area contributed by atoms with Crippen molar-refractivity contribution in [3.05, 3.63) is 60.2 Å². The Morgan fingerprint density at radius 1 is 1.25 bits per heavy atom. The summed E-state index contributed by atoms with van der Waals surface area (Å²) in [6.07, 6.45) is 2.29. The number of carbonyl (C=O) groups excluding carboxylic acids is 1. The Morgan fingerprint density at radius 2 is 2.04 bits per heavy atom. The largest absolute Gasteiger partial charge is 0.282 e. The molecular weight excluding hydrogens is 352 g/mol. The van der Waals surface area contributed by atoms with Crippen molar-refractivity contribution in [2.24, 2.45) is 0 Å². The highest BCUT2D eigenvalue weighted by atomic mass is 32.2. The Balaban J connectivity index is 1.54. The lowest BCUT2D eigenvalue weighted by molar-refractivity contribution is -0.107. The molecule has 1 aliphatic heterocycles. The molecule has 0 saturated carbocycles. The lowest BCUT2D eigenvalue weighted by Crippen LogP contribution is -2.02. The van der Waals surface area contributed by atoms with Crippen molar-refractivity contribution < 1.29 is 4.79 Å².